The van der Waals surface area contributed by atoms with Crippen LogP contribution in [0.15, 0.2) is 109 Å². The molecule has 2 amide bonds. The number of hydrogen-bond donors (Lipinski definition) is 2. The number of amides is 2. The van der Waals surface area contributed by atoms with Crippen LogP contribution in [0.25, 0.3) is 0 Å². The van der Waals surface area contributed by atoms with E-state index in [-0.39, 0.29) is 34.9 Å². The standard InChI is InChI=1S/C45H54N2O4/c1-43(2,31-15-7-5-8-16-31)37-19-11-13-21-39(37)45(33-23-27-35(28-24-33)50-41(46)48,34-25-29-36(30-26-34)51-42(47)49)40-22-14-12-20-38(40)44(3,4)32-17-9-6-10-18-32/h5-22,33-36H,23-30H2,1-4H3,(H2,46,48)(H2,47,49). The van der Waals surface area contributed by atoms with E-state index in [1.54, 1.807) is 0 Å². The molecule has 0 bridgehead atoms. The first kappa shape index (κ1) is 36.2. The van der Waals surface area contributed by atoms with E-state index in [0.29, 0.717) is 0 Å². The van der Waals surface area contributed by atoms with Crippen molar-refractivity contribution in [3.8, 4) is 0 Å². The predicted octanol–water partition coefficient (Wildman–Crippen LogP) is 9.93. The van der Waals surface area contributed by atoms with Gasteiger partial charge in [-0.05, 0) is 96.6 Å². The van der Waals surface area contributed by atoms with Gasteiger partial charge in [0.2, 0.25) is 0 Å². The van der Waals surface area contributed by atoms with E-state index >= 15 is 0 Å². The minimum atomic E-state index is -0.706. The third-order valence-corrected chi connectivity index (χ3v) is 12.3. The van der Waals surface area contributed by atoms with Crippen LogP contribution in [0.2, 0.25) is 0 Å². The summed E-state index contributed by atoms with van der Waals surface area (Å²) in [6, 6.07) is 39.9. The Bertz CT molecular complexity index is 1650. The summed E-state index contributed by atoms with van der Waals surface area (Å²) in [5.41, 5.74) is 17.9. The fourth-order valence-corrected chi connectivity index (χ4v) is 9.76. The molecular weight excluding hydrogens is 633 g/mol. The van der Waals surface area contributed by atoms with Crippen molar-refractivity contribution in [2.45, 2.75) is 108 Å². The average Bonchev–Trinajstić information content (AvgIpc) is 3.14. The zero-order valence-corrected chi connectivity index (χ0v) is 30.6. The summed E-state index contributed by atoms with van der Waals surface area (Å²) in [7, 11) is 0. The fraction of sp³-hybridized carbons (Fsp3) is 0.422. The number of nitrogens with two attached hydrogens (primary N) is 2. The fourth-order valence-electron chi connectivity index (χ4n) is 9.76. The number of ether oxygens (including phenoxy) is 2. The van der Waals surface area contributed by atoms with Gasteiger partial charge in [-0.3, -0.25) is 0 Å². The minimum absolute atomic E-state index is 0.192. The molecule has 2 fully saturated rings. The van der Waals surface area contributed by atoms with Crippen molar-refractivity contribution in [1.82, 2.24) is 0 Å². The normalized spacial score (nSPS) is 21.4. The molecule has 268 valence electrons. The Morgan fingerprint density at radius 3 is 1.08 bits per heavy atom. The number of carbonyl (C=O) groups excluding carboxylic acids is 2. The second-order valence-corrected chi connectivity index (χ2v) is 15.8. The first-order chi connectivity index (χ1) is 24.5. The van der Waals surface area contributed by atoms with E-state index in [4.69, 9.17) is 20.9 Å². The van der Waals surface area contributed by atoms with Crippen molar-refractivity contribution in [3.05, 3.63) is 143 Å². The Kier molecular flexibility index (Phi) is 10.6. The predicted molar refractivity (Wildman–Crippen MR) is 204 cm³/mol. The molecule has 2 aliphatic rings. The third-order valence-electron chi connectivity index (χ3n) is 12.3. The quantitative estimate of drug-likeness (QED) is 0.173. The smallest absolute Gasteiger partial charge is 0.404 e. The molecule has 0 atom stereocenters. The van der Waals surface area contributed by atoms with E-state index in [1.807, 2.05) is 0 Å². The van der Waals surface area contributed by atoms with Crippen LogP contribution in [-0.4, -0.2) is 24.4 Å². The molecule has 0 unspecified atom stereocenters. The molecule has 0 heterocycles. The van der Waals surface area contributed by atoms with Crippen LogP contribution >= 0.6 is 0 Å². The summed E-state index contributed by atoms with van der Waals surface area (Å²) in [6.45, 7) is 9.39. The highest BCUT2D eigenvalue weighted by Gasteiger charge is 2.53. The van der Waals surface area contributed by atoms with E-state index in [2.05, 4.69) is 137 Å². The molecule has 4 aromatic rings. The van der Waals surface area contributed by atoms with Crippen LogP contribution in [0.4, 0.5) is 9.59 Å². The lowest BCUT2D eigenvalue weighted by atomic mass is 9.49. The molecule has 6 rings (SSSR count). The molecule has 0 aliphatic heterocycles. The molecule has 0 aromatic heterocycles. The molecule has 6 heteroatoms. The number of rotatable bonds is 10. The molecule has 2 saturated carbocycles. The average molecular weight is 687 g/mol. The monoisotopic (exact) mass is 686 g/mol. The number of primary amides is 2. The van der Waals surface area contributed by atoms with Crippen LogP contribution in [0, 0.1) is 11.8 Å². The summed E-state index contributed by atoms with van der Waals surface area (Å²) in [4.78, 5) is 23.8. The highest BCUT2D eigenvalue weighted by atomic mass is 16.6. The van der Waals surface area contributed by atoms with Crippen molar-refractivity contribution in [2.24, 2.45) is 23.3 Å². The summed E-state index contributed by atoms with van der Waals surface area (Å²) in [6.07, 6.45) is 4.76. The third kappa shape index (κ3) is 7.15. The Balaban J connectivity index is 1.64. The van der Waals surface area contributed by atoms with Gasteiger partial charge < -0.3 is 20.9 Å². The van der Waals surface area contributed by atoms with E-state index in [1.165, 1.54) is 33.4 Å². The lowest BCUT2D eigenvalue weighted by Gasteiger charge is -2.54. The zero-order valence-electron chi connectivity index (χ0n) is 30.6. The van der Waals surface area contributed by atoms with Crippen LogP contribution in [0.3, 0.4) is 0 Å². The van der Waals surface area contributed by atoms with E-state index in [0.717, 1.165) is 51.4 Å². The van der Waals surface area contributed by atoms with Crippen LogP contribution in [-0.2, 0) is 25.7 Å². The summed E-state index contributed by atoms with van der Waals surface area (Å²) < 4.78 is 11.2. The van der Waals surface area contributed by atoms with Gasteiger partial charge in [-0.25, -0.2) is 9.59 Å². The number of benzene rings is 4. The first-order valence-electron chi connectivity index (χ1n) is 18.7. The zero-order chi connectivity index (χ0) is 36.2. The number of carbonyl (C=O) groups is 2. The van der Waals surface area contributed by atoms with Crippen molar-refractivity contribution in [2.75, 3.05) is 0 Å². The Morgan fingerprint density at radius 1 is 0.471 bits per heavy atom. The maximum atomic E-state index is 11.9. The highest BCUT2D eigenvalue weighted by Crippen LogP contribution is 2.59. The second-order valence-electron chi connectivity index (χ2n) is 15.8. The SMILES string of the molecule is CC(C)(c1ccccc1)c1ccccc1C(c1ccccc1C(C)(C)c1ccccc1)(C1CCC(OC(N)=O)CC1)C1CCC(OC(N)=O)CC1. The molecule has 4 aromatic carbocycles. The van der Waals surface area contributed by atoms with E-state index < -0.39 is 17.6 Å². The molecule has 0 radical (unpaired) electrons. The molecule has 2 aliphatic carbocycles. The molecule has 6 nitrogen and oxygen atoms in total. The number of hydrogen-bond acceptors (Lipinski definition) is 4. The van der Waals surface area contributed by atoms with Crippen molar-refractivity contribution in [1.29, 1.82) is 0 Å². The van der Waals surface area contributed by atoms with Gasteiger partial charge in [0.15, 0.2) is 0 Å². The Labute approximate surface area is 303 Å². The van der Waals surface area contributed by atoms with Gasteiger partial charge in [0.1, 0.15) is 12.2 Å². The molecule has 0 spiro atoms. The van der Waals surface area contributed by atoms with Crippen LogP contribution in [0.5, 0.6) is 0 Å². The highest BCUT2D eigenvalue weighted by molar-refractivity contribution is 5.65. The van der Waals surface area contributed by atoms with Gasteiger partial charge in [-0.2, -0.15) is 0 Å². The van der Waals surface area contributed by atoms with E-state index in [9.17, 15) is 9.59 Å². The lowest BCUT2D eigenvalue weighted by Crippen LogP contribution is -2.50. The Morgan fingerprint density at radius 2 is 0.765 bits per heavy atom. The van der Waals surface area contributed by atoms with Crippen molar-refractivity contribution >= 4 is 12.2 Å². The summed E-state index contributed by atoms with van der Waals surface area (Å²) in [5, 5.41) is 0. The first-order valence-corrected chi connectivity index (χ1v) is 18.7. The van der Waals surface area contributed by atoms with Crippen molar-refractivity contribution in [3.63, 3.8) is 0 Å². The maximum Gasteiger partial charge on any atom is 0.404 e. The van der Waals surface area contributed by atoms with Gasteiger partial charge in [0.05, 0.1) is 0 Å². The second kappa shape index (κ2) is 15.0. The van der Waals surface area contributed by atoms with Gasteiger partial charge in [0.25, 0.3) is 0 Å². The minimum Gasteiger partial charge on any atom is -0.446 e. The van der Waals surface area contributed by atoms with Gasteiger partial charge in [0, 0.05) is 16.2 Å². The molecule has 0 saturated heterocycles. The van der Waals surface area contributed by atoms with Crippen LogP contribution in [0.1, 0.15) is 112 Å². The lowest BCUT2D eigenvalue weighted by molar-refractivity contribution is 0.0271. The van der Waals surface area contributed by atoms with Gasteiger partial charge >= 0.3 is 12.2 Å². The molecular formula is C45H54N2O4. The Hall–Kier alpha value is -4.58. The van der Waals surface area contributed by atoms with Gasteiger partial charge in [-0.15, -0.1) is 0 Å². The maximum absolute atomic E-state index is 11.9. The topological polar surface area (TPSA) is 105 Å². The summed E-state index contributed by atoms with van der Waals surface area (Å²) >= 11 is 0. The van der Waals surface area contributed by atoms with Crippen LogP contribution < -0.4 is 11.5 Å². The summed E-state index contributed by atoms with van der Waals surface area (Å²) in [5.74, 6) is 0.480. The molecule has 51 heavy (non-hydrogen) atoms. The largest absolute Gasteiger partial charge is 0.446 e. The van der Waals surface area contributed by atoms with Crippen molar-refractivity contribution < 1.29 is 19.1 Å². The van der Waals surface area contributed by atoms with Gasteiger partial charge in [-0.1, -0.05) is 137 Å². The molecule has 4 N–H and O–H groups in total.